The fourth-order valence-electron chi connectivity index (χ4n) is 2.10. The Bertz CT molecular complexity index is 602. The first-order valence-electron chi connectivity index (χ1n) is 6.78. The summed E-state index contributed by atoms with van der Waals surface area (Å²) in [6.45, 7) is 7.37. The monoisotopic (exact) mass is 272 g/mol. The molecule has 1 heterocycles. The summed E-state index contributed by atoms with van der Waals surface area (Å²) in [5, 5.41) is 6.18. The average Bonchev–Trinajstić information content (AvgIpc) is 2.77. The Morgan fingerprint density at radius 1 is 1.25 bits per heavy atom. The summed E-state index contributed by atoms with van der Waals surface area (Å²) < 4.78 is 5.44. The number of carbonyl (C=O) groups excluding carboxylic acids is 1. The van der Waals surface area contributed by atoms with Crippen molar-refractivity contribution >= 4 is 11.6 Å². The minimum absolute atomic E-state index is 0.209. The molecule has 0 atom stereocenters. The van der Waals surface area contributed by atoms with Crippen LogP contribution in [0.4, 0.5) is 5.69 Å². The molecule has 0 unspecified atom stereocenters. The molecule has 2 N–H and O–H groups in total. The lowest BCUT2D eigenvalue weighted by molar-refractivity contribution is 0.0994. The highest BCUT2D eigenvalue weighted by atomic mass is 16.3. The van der Waals surface area contributed by atoms with Gasteiger partial charge in [-0.1, -0.05) is 25.1 Å². The van der Waals surface area contributed by atoms with Gasteiger partial charge in [-0.15, -0.1) is 0 Å². The van der Waals surface area contributed by atoms with Gasteiger partial charge < -0.3 is 15.1 Å². The Balaban J connectivity index is 2.17. The lowest BCUT2D eigenvalue weighted by Gasteiger charge is -2.10. The van der Waals surface area contributed by atoms with Gasteiger partial charge in [0.25, 0.3) is 5.91 Å². The van der Waals surface area contributed by atoms with Crippen LogP contribution in [0.15, 0.2) is 34.7 Å². The molecule has 2 aromatic rings. The molecule has 0 saturated carbocycles. The molecule has 4 nitrogen and oxygen atoms in total. The van der Waals surface area contributed by atoms with Crippen LogP contribution in [0.2, 0.25) is 0 Å². The second-order valence-corrected chi connectivity index (χ2v) is 4.76. The predicted molar refractivity (Wildman–Crippen MR) is 80.0 cm³/mol. The average molecular weight is 272 g/mol. The molecule has 0 fully saturated rings. The van der Waals surface area contributed by atoms with E-state index in [1.54, 1.807) is 0 Å². The summed E-state index contributed by atoms with van der Waals surface area (Å²) in [7, 11) is 0. The Hall–Kier alpha value is -2.07. The van der Waals surface area contributed by atoms with Crippen molar-refractivity contribution in [2.75, 3.05) is 11.9 Å². The summed E-state index contributed by atoms with van der Waals surface area (Å²) in [5.41, 5.74) is 2.72. The molecule has 0 spiro atoms. The van der Waals surface area contributed by atoms with Gasteiger partial charge in [-0.25, -0.2) is 0 Å². The van der Waals surface area contributed by atoms with Gasteiger partial charge in [-0.05, 0) is 38.1 Å². The summed E-state index contributed by atoms with van der Waals surface area (Å²) in [6.07, 6.45) is 0. The van der Waals surface area contributed by atoms with Crippen LogP contribution >= 0.6 is 0 Å². The van der Waals surface area contributed by atoms with Crippen LogP contribution in [-0.2, 0) is 6.54 Å². The van der Waals surface area contributed by atoms with E-state index in [1.807, 2.05) is 44.2 Å². The Morgan fingerprint density at radius 2 is 2.00 bits per heavy atom. The molecule has 20 heavy (non-hydrogen) atoms. The third-order valence-corrected chi connectivity index (χ3v) is 3.08. The van der Waals surface area contributed by atoms with Crippen LogP contribution in [0.5, 0.6) is 0 Å². The summed E-state index contributed by atoms with van der Waals surface area (Å²) in [6, 6.07) is 9.63. The molecule has 0 aliphatic carbocycles. The maximum Gasteiger partial charge on any atom is 0.291 e. The number of amides is 1. The maximum absolute atomic E-state index is 12.2. The van der Waals surface area contributed by atoms with Crippen molar-refractivity contribution in [1.82, 2.24) is 5.32 Å². The lowest BCUT2D eigenvalue weighted by Crippen LogP contribution is -2.17. The molecule has 1 aromatic heterocycles. The van der Waals surface area contributed by atoms with Gasteiger partial charge in [0.05, 0.1) is 0 Å². The third kappa shape index (κ3) is 3.27. The van der Waals surface area contributed by atoms with E-state index in [-0.39, 0.29) is 5.91 Å². The molecule has 1 amide bonds. The highest BCUT2D eigenvalue weighted by molar-refractivity contribution is 6.03. The first kappa shape index (κ1) is 14.3. The number of carbonyl (C=O) groups is 1. The van der Waals surface area contributed by atoms with Gasteiger partial charge >= 0.3 is 0 Å². The molecular weight excluding hydrogens is 252 g/mol. The first-order valence-corrected chi connectivity index (χ1v) is 6.78. The number of furan rings is 1. The highest BCUT2D eigenvalue weighted by Crippen LogP contribution is 2.19. The Labute approximate surface area is 119 Å². The number of aryl methyl sites for hydroxylation is 2. The van der Waals surface area contributed by atoms with Gasteiger partial charge in [0.15, 0.2) is 5.76 Å². The number of para-hydroxylation sites is 1. The quantitative estimate of drug-likeness (QED) is 0.878. The van der Waals surface area contributed by atoms with E-state index in [0.717, 1.165) is 35.7 Å². The predicted octanol–water partition coefficient (Wildman–Crippen LogP) is 3.26. The van der Waals surface area contributed by atoms with E-state index in [1.165, 1.54) is 0 Å². The first-order chi connectivity index (χ1) is 9.61. The van der Waals surface area contributed by atoms with Crippen molar-refractivity contribution in [2.24, 2.45) is 0 Å². The normalized spacial score (nSPS) is 10.6. The molecule has 0 aliphatic rings. The number of benzene rings is 1. The maximum atomic E-state index is 12.2. The van der Waals surface area contributed by atoms with Gasteiger partial charge in [0.2, 0.25) is 0 Å². The standard InChI is InChI=1S/C16H20N2O2/c1-4-17-10-13-7-5-6-8-14(13)18-16(19)15-11(2)9-12(3)20-15/h5-9,17H,4,10H2,1-3H3,(H,18,19). The van der Waals surface area contributed by atoms with Crippen molar-refractivity contribution in [2.45, 2.75) is 27.3 Å². The van der Waals surface area contributed by atoms with Crippen LogP contribution in [0.1, 0.15) is 34.4 Å². The molecule has 0 bridgehead atoms. The van der Waals surface area contributed by atoms with Crippen LogP contribution in [0, 0.1) is 13.8 Å². The summed E-state index contributed by atoms with van der Waals surface area (Å²) in [5.74, 6) is 0.911. The molecule has 4 heteroatoms. The summed E-state index contributed by atoms with van der Waals surface area (Å²) >= 11 is 0. The fourth-order valence-corrected chi connectivity index (χ4v) is 2.10. The van der Waals surface area contributed by atoms with E-state index < -0.39 is 0 Å². The summed E-state index contributed by atoms with van der Waals surface area (Å²) in [4.78, 5) is 12.2. The van der Waals surface area contributed by atoms with E-state index >= 15 is 0 Å². The minimum Gasteiger partial charge on any atom is -0.456 e. The zero-order valence-corrected chi connectivity index (χ0v) is 12.1. The SMILES string of the molecule is CCNCc1ccccc1NC(=O)c1oc(C)cc1C. The van der Waals surface area contributed by atoms with E-state index in [4.69, 9.17) is 4.42 Å². The largest absolute Gasteiger partial charge is 0.456 e. The van der Waals surface area contributed by atoms with E-state index in [0.29, 0.717) is 5.76 Å². The fraction of sp³-hybridized carbons (Fsp3) is 0.312. The molecule has 0 aliphatic heterocycles. The number of anilines is 1. The highest BCUT2D eigenvalue weighted by Gasteiger charge is 2.15. The van der Waals surface area contributed by atoms with Crippen LogP contribution < -0.4 is 10.6 Å². The van der Waals surface area contributed by atoms with Crippen molar-refractivity contribution in [3.8, 4) is 0 Å². The lowest BCUT2D eigenvalue weighted by atomic mass is 10.1. The molecule has 106 valence electrons. The van der Waals surface area contributed by atoms with Crippen LogP contribution in [-0.4, -0.2) is 12.5 Å². The van der Waals surface area contributed by atoms with E-state index in [2.05, 4.69) is 17.6 Å². The van der Waals surface area contributed by atoms with Gasteiger partial charge in [-0.3, -0.25) is 4.79 Å². The molecular formula is C16H20N2O2. The third-order valence-electron chi connectivity index (χ3n) is 3.08. The van der Waals surface area contributed by atoms with Crippen LogP contribution in [0.3, 0.4) is 0 Å². The number of hydrogen-bond acceptors (Lipinski definition) is 3. The van der Waals surface area contributed by atoms with Crippen molar-refractivity contribution in [3.05, 3.63) is 53.0 Å². The second-order valence-electron chi connectivity index (χ2n) is 4.76. The number of hydrogen-bond donors (Lipinski definition) is 2. The van der Waals surface area contributed by atoms with Gasteiger partial charge in [-0.2, -0.15) is 0 Å². The van der Waals surface area contributed by atoms with Gasteiger partial charge in [0, 0.05) is 17.8 Å². The molecule has 1 aromatic carbocycles. The van der Waals surface area contributed by atoms with Crippen molar-refractivity contribution < 1.29 is 9.21 Å². The molecule has 2 rings (SSSR count). The Morgan fingerprint density at radius 3 is 2.65 bits per heavy atom. The number of rotatable bonds is 5. The topological polar surface area (TPSA) is 54.3 Å². The molecule has 0 saturated heterocycles. The Kier molecular flexibility index (Phi) is 4.58. The van der Waals surface area contributed by atoms with Crippen molar-refractivity contribution in [3.63, 3.8) is 0 Å². The van der Waals surface area contributed by atoms with Crippen molar-refractivity contribution in [1.29, 1.82) is 0 Å². The zero-order valence-electron chi connectivity index (χ0n) is 12.1. The zero-order chi connectivity index (χ0) is 14.5. The molecule has 0 radical (unpaired) electrons. The second kappa shape index (κ2) is 6.39. The van der Waals surface area contributed by atoms with Gasteiger partial charge in [0.1, 0.15) is 5.76 Å². The number of nitrogens with one attached hydrogen (secondary N) is 2. The van der Waals surface area contributed by atoms with Crippen LogP contribution in [0.25, 0.3) is 0 Å². The smallest absolute Gasteiger partial charge is 0.291 e. The van der Waals surface area contributed by atoms with E-state index in [9.17, 15) is 4.79 Å². The minimum atomic E-state index is -0.209.